The summed E-state index contributed by atoms with van der Waals surface area (Å²) < 4.78 is 12.3. The molecule has 0 nitrogen and oxygen atoms in total. The Bertz CT molecular complexity index is 106. The Labute approximate surface area is 75.9 Å². The first kappa shape index (κ1) is 11.7. The lowest BCUT2D eigenvalue weighted by Gasteiger charge is -2.00. The highest BCUT2D eigenvalue weighted by molar-refractivity contribution is 4.76. The molecule has 0 aliphatic rings. The van der Waals surface area contributed by atoms with E-state index in [1.165, 1.54) is 25.7 Å². The average Bonchev–Trinajstić information content (AvgIpc) is 2.02. The van der Waals surface area contributed by atoms with Gasteiger partial charge in [0.1, 0.15) is 0 Å². The monoisotopic (exact) mass is 172 g/mol. The summed E-state index contributed by atoms with van der Waals surface area (Å²) in [6.07, 6.45) is 10.3. The fourth-order valence-corrected chi connectivity index (χ4v) is 1.21. The van der Waals surface area contributed by atoms with Crippen molar-refractivity contribution in [2.24, 2.45) is 0 Å². The molecule has 0 heterocycles. The molecule has 0 aromatic rings. The van der Waals surface area contributed by atoms with Crippen molar-refractivity contribution in [3.8, 4) is 0 Å². The SMILES string of the molecule is C/C=C/CCCCCCC(C)F. The van der Waals surface area contributed by atoms with Crippen LogP contribution in [0.15, 0.2) is 12.2 Å². The molecule has 0 aromatic heterocycles. The molecule has 0 fully saturated rings. The summed E-state index contributed by atoms with van der Waals surface area (Å²) in [5.41, 5.74) is 0. The van der Waals surface area contributed by atoms with E-state index in [0.29, 0.717) is 0 Å². The number of allylic oxidation sites excluding steroid dienone is 2. The molecule has 0 radical (unpaired) electrons. The maximum absolute atomic E-state index is 12.3. The van der Waals surface area contributed by atoms with Crippen LogP contribution in [0.3, 0.4) is 0 Å². The predicted molar refractivity (Wildman–Crippen MR) is 53.1 cm³/mol. The molecule has 0 amide bonds. The van der Waals surface area contributed by atoms with Crippen LogP contribution >= 0.6 is 0 Å². The molecular formula is C11H21F. The standard InChI is InChI=1S/C11H21F/c1-3-4-5-6-7-8-9-10-11(2)12/h3-4,11H,5-10H2,1-2H3/b4-3+. The molecule has 1 unspecified atom stereocenters. The second-order valence-electron chi connectivity index (χ2n) is 3.34. The molecule has 12 heavy (non-hydrogen) atoms. The molecule has 0 aliphatic heterocycles. The van der Waals surface area contributed by atoms with Crippen molar-refractivity contribution < 1.29 is 4.39 Å². The van der Waals surface area contributed by atoms with Gasteiger partial charge in [0.25, 0.3) is 0 Å². The second-order valence-corrected chi connectivity index (χ2v) is 3.34. The van der Waals surface area contributed by atoms with Gasteiger partial charge >= 0.3 is 0 Å². The predicted octanol–water partition coefficient (Wildman–Crippen LogP) is 4.26. The van der Waals surface area contributed by atoms with E-state index in [0.717, 1.165) is 12.8 Å². The Morgan fingerprint density at radius 3 is 2.42 bits per heavy atom. The van der Waals surface area contributed by atoms with Crippen molar-refractivity contribution in [3.05, 3.63) is 12.2 Å². The van der Waals surface area contributed by atoms with Gasteiger partial charge in [-0.2, -0.15) is 0 Å². The maximum atomic E-state index is 12.3. The molecule has 0 rings (SSSR count). The number of halogens is 1. The van der Waals surface area contributed by atoms with Gasteiger partial charge in [0.15, 0.2) is 0 Å². The van der Waals surface area contributed by atoms with E-state index in [4.69, 9.17) is 0 Å². The van der Waals surface area contributed by atoms with Crippen LogP contribution in [-0.2, 0) is 0 Å². The largest absolute Gasteiger partial charge is 0.248 e. The summed E-state index contributed by atoms with van der Waals surface area (Å²) in [5.74, 6) is 0. The van der Waals surface area contributed by atoms with Gasteiger partial charge in [0.05, 0.1) is 6.17 Å². The summed E-state index contributed by atoms with van der Waals surface area (Å²) in [6, 6.07) is 0. The van der Waals surface area contributed by atoms with E-state index in [-0.39, 0.29) is 0 Å². The third-order valence-electron chi connectivity index (χ3n) is 1.96. The van der Waals surface area contributed by atoms with Gasteiger partial charge < -0.3 is 0 Å². The Balaban J connectivity index is 2.91. The van der Waals surface area contributed by atoms with Crippen LogP contribution in [0.2, 0.25) is 0 Å². The molecule has 0 aromatic carbocycles. The zero-order valence-corrected chi connectivity index (χ0v) is 8.35. The molecule has 72 valence electrons. The molecular weight excluding hydrogens is 151 g/mol. The summed E-state index contributed by atoms with van der Waals surface area (Å²) in [4.78, 5) is 0. The first-order chi connectivity index (χ1) is 5.77. The van der Waals surface area contributed by atoms with E-state index in [9.17, 15) is 4.39 Å². The van der Waals surface area contributed by atoms with E-state index >= 15 is 0 Å². The molecule has 0 saturated carbocycles. The maximum Gasteiger partial charge on any atom is 0.0973 e. The van der Waals surface area contributed by atoms with Crippen LogP contribution in [0.25, 0.3) is 0 Å². The molecule has 0 aliphatic carbocycles. The number of hydrogen-bond donors (Lipinski definition) is 0. The van der Waals surface area contributed by atoms with Crippen molar-refractivity contribution in [1.82, 2.24) is 0 Å². The van der Waals surface area contributed by atoms with E-state index in [1.54, 1.807) is 6.92 Å². The van der Waals surface area contributed by atoms with Crippen molar-refractivity contribution in [2.75, 3.05) is 0 Å². The molecule has 1 heteroatoms. The lowest BCUT2D eigenvalue weighted by Crippen LogP contribution is -1.91. The highest BCUT2D eigenvalue weighted by atomic mass is 19.1. The van der Waals surface area contributed by atoms with Crippen LogP contribution in [-0.4, -0.2) is 6.17 Å². The molecule has 0 spiro atoms. The lowest BCUT2D eigenvalue weighted by atomic mass is 10.1. The Kier molecular flexibility index (Phi) is 8.52. The summed E-state index contributed by atoms with van der Waals surface area (Å²) in [6.45, 7) is 3.69. The van der Waals surface area contributed by atoms with Gasteiger partial charge in [-0.15, -0.1) is 0 Å². The van der Waals surface area contributed by atoms with E-state index in [2.05, 4.69) is 12.2 Å². The van der Waals surface area contributed by atoms with Crippen LogP contribution in [0.4, 0.5) is 4.39 Å². The number of alkyl halides is 1. The summed E-state index contributed by atoms with van der Waals surface area (Å²) in [5, 5.41) is 0. The van der Waals surface area contributed by atoms with Gasteiger partial charge in [-0.05, 0) is 33.1 Å². The van der Waals surface area contributed by atoms with Gasteiger partial charge in [0, 0.05) is 0 Å². The number of hydrogen-bond acceptors (Lipinski definition) is 0. The van der Waals surface area contributed by atoms with Crippen molar-refractivity contribution in [1.29, 1.82) is 0 Å². The third kappa shape index (κ3) is 9.67. The minimum absolute atomic E-state index is 0.611. The van der Waals surface area contributed by atoms with Crippen molar-refractivity contribution in [3.63, 3.8) is 0 Å². The molecule has 0 N–H and O–H groups in total. The smallest absolute Gasteiger partial charge is 0.0973 e. The van der Waals surface area contributed by atoms with Crippen LogP contribution < -0.4 is 0 Å². The third-order valence-corrected chi connectivity index (χ3v) is 1.96. The van der Waals surface area contributed by atoms with Crippen LogP contribution in [0, 0.1) is 0 Å². The first-order valence-corrected chi connectivity index (χ1v) is 5.02. The van der Waals surface area contributed by atoms with E-state index < -0.39 is 6.17 Å². The topological polar surface area (TPSA) is 0 Å². The Morgan fingerprint density at radius 1 is 1.17 bits per heavy atom. The fourth-order valence-electron chi connectivity index (χ4n) is 1.21. The lowest BCUT2D eigenvalue weighted by molar-refractivity contribution is 0.330. The van der Waals surface area contributed by atoms with Crippen LogP contribution in [0.1, 0.15) is 52.4 Å². The zero-order valence-electron chi connectivity index (χ0n) is 8.35. The minimum Gasteiger partial charge on any atom is -0.248 e. The van der Waals surface area contributed by atoms with E-state index in [1.807, 2.05) is 6.92 Å². The van der Waals surface area contributed by atoms with Gasteiger partial charge in [-0.3, -0.25) is 0 Å². The minimum atomic E-state index is -0.611. The first-order valence-electron chi connectivity index (χ1n) is 5.02. The summed E-state index contributed by atoms with van der Waals surface area (Å²) in [7, 11) is 0. The quantitative estimate of drug-likeness (QED) is 0.397. The Morgan fingerprint density at radius 2 is 1.83 bits per heavy atom. The van der Waals surface area contributed by atoms with Gasteiger partial charge in [-0.1, -0.05) is 31.4 Å². The number of rotatable bonds is 7. The van der Waals surface area contributed by atoms with Gasteiger partial charge in [-0.25, -0.2) is 4.39 Å². The Hall–Kier alpha value is -0.330. The zero-order chi connectivity index (χ0) is 9.23. The van der Waals surface area contributed by atoms with Crippen molar-refractivity contribution in [2.45, 2.75) is 58.5 Å². The van der Waals surface area contributed by atoms with Crippen molar-refractivity contribution >= 4 is 0 Å². The second kappa shape index (κ2) is 8.76. The molecule has 0 saturated heterocycles. The molecule has 0 bridgehead atoms. The molecule has 1 atom stereocenters. The van der Waals surface area contributed by atoms with Crippen LogP contribution in [0.5, 0.6) is 0 Å². The summed E-state index contributed by atoms with van der Waals surface area (Å²) >= 11 is 0. The highest BCUT2D eigenvalue weighted by Gasteiger charge is 1.96. The highest BCUT2D eigenvalue weighted by Crippen LogP contribution is 2.08. The normalized spacial score (nSPS) is 13.9. The average molecular weight is 172 g/mol. The number of unbranched alkanes of at least 4 members (excludes halogenated alkanes) is 4. The fraction of sp³-hybridized carbons (Fsp3) is 0.818. The van der Waals surface area contributed by atoms with Gasteiger partial charge in [0.2, 0.25) is 0 Å².